The first-order chi connectivity index (χ1) is 11.2. The van der Waals surface area contributed by atoms with Crippen LogP contribution in [-0.2, 0) is 20.0 Å². The van der Waals surface area contributed by atoms with E-state index in [0.29, 0.717) is 12.4 Å². The summed E-state index contributed by atoms with van der Waals surface area (Å²) in [5.41, 5.74) is 2.03. The van der Waals surface area contributed by atoms with Gasteiger partial charge in [0.25, 0.3) is 0 Å². The van der Waals surface area contributed by atoms with E-state index in [1.165, 1.54) is 6.92 Å². The van der Waals surface area contributed by atoms with Crippen molar-refractivity contribution in [1.29, 1.82) is 0 Å². The van der Waals surface area contributed by atoms with Gasteiger partial charge in [0.2, 0.25) is 5.91 Å². The molecule has 1 aliphatic rings. The lowest BCUT2D eigenvalue weighted by atomic mass is 9.76. The zero-order chi connectivity index (χ0) is 18.0. The standard InChI is InChI=1S/C18H25BClNO3/c1-13(22)21-12-16(10-14-8-6-7-9-15(14)11-20)19-23-17(2,3)18(4,5)24-19/h6-10H,11-12H2,1-5H3,(H,21,22). The second-order valence-electron chi connectivity index (χ2n) is 7.05. The van der Waals surface area contributed by atoms with E-state index in [1.807, 2.05) is 58.0 Å². The van der Waals surface area contributed by atoms with Crippen LogP contribution >= 0.6 is 11.6 Å². The first kappa shape index (κ1) is 19.0. The smallest absolute Gasteiger partial charge is 0.400 e. The molecule has 0 bridgehead atoms. The van der Waals surface area contributed by atoms with E-state index in [-0.39, 0.29) is 5.91 Å². The molecule has 0 atom stereocenters. The Hall–Kier alpha value is -1.30. The quantitative estimate of drug-likeness (QED) is 0.653. The summed E-state index contributed by atoms with van der Waals surface area (Å²) in [5.74, 6) is 0.326. The van der Waals surface area contributed by atoms with Crippen molar-refractivity contribution in [3.63, 3.8) is 0 Å². The van der Waals surface area contributed by atoms with Gasteiger partial charge in [-0.15, -0.1) is 11.6 Å². The van der Waals surface area contributed by atoms with Crippen LogP contribution in [0, 0.1) is 0 Å². The molecule has 0 unspecified atom stereocenters. The molecule has 0 radical (unpaired) electrons. The average molecular weight is 350 g/mol. The van der Waals surface area contributed by atoms with E-state index in [0.717, 1.165) is 16.6 Å². The molecule has 24 heavy (non-hydrogen) atoms. The predicted octanol–water partition coefficient (Wildman–Crippen LogP) is 3.58. The summed E-state index contributed by atoms with van der Waals surface area (Å²) in [6, 6.07) is 7.90. The zero-order valence-electron chi connectivity index (χ0n) is 15.0. The first-order valence-corrected chi connectivity index (χ1v) is 8.64. The number of alkyl halides is 1. The topological polar surface area (TPSA) is 47.6 Å². The fraction of sp³-hybridized carbons (Fsp3) is 0.500. The van der Waals surface area contributed by atoms with Gasteiger partial charge < -0.3 is 14.6 Å². The van der Waals surface area contributed by atoms with Crippen molar-refractivity contribution in [3.05, 3.63) is 40.9 Å². The summed E-state index contributed by atoms with van der Waals surface area (Å²) in [7, 11) is -0.509. The fourth-order valence-electron chi connectivity index (χ4n) is 2.42. The molecule has 2 rings (SSSR count). The number of halogens is 1. The minimum atomic E-state index is -0.509. The molecule has 0 aliphatic carbocycles. The molecule has 1 aliphatic heterocycles. The summed E-state index contributed by atoms with van der Waals surface area (Å²) < 4.78 is 12.3. The third-order valence-electron chi connectivity index (χ3n) is 4.64. The highest BCUT2D eigenvalue weighted by molar-refractivity contribution is 6.56. The van der Waals surface area contributed by atoms with Crippen LogP contribution < -0.4 is 5.32 Å². The van der Waals surface area contributed by atoms with Gasteiger partial charge in [0.1, 0.15) is 0 Å². The third kappa shape index (κ3) is 4.21. The van der Waals surface area contributed by atoms with Gasteiger partial charge in [-0.3, -0.25) is 4.79 Å². The van der Waals surface area contributed by atoms with E-state index in [1.54, 1.807) is 0 Å². The summed E-state index contributed by atoms with van der Waals surface area (Å²) in [5, 5.41) is 2.83. The van der Waals surface area contributed by atoms with Crippen LogP contribution in [0.5, 0.6) is 0 Å². The molecular formula is C18H25BClNO3. The molecule has 1 heterocycles. The van der Waals surface area contributed by atoms with Gasteiger partial charge in [-0.1, -0.05) is 30.3 Å². The summed E-state index contributed by atoms with van der Waals surface area (Å²) >= 11 is 6.03. The van der Waals surface area contributed by atoms with Gasteiger partial charge in [-0.25, -0.2) is 0 Å². The third-order valence-corrected chi connectivity index (χ3v) is 4.93. The monoisotopic (exact) mass is 349 g/mol. The van der Waals surface area contributed by atoms with E-state index in [9.17, 15) is 4.79 Å². The summed E-state index contributed by atoms with van der Waals surface area (Å²) in [6.45, 7) is 9.90. The highest BCUT2D eigenvalue weighted by Gasteiger charge is 2.52. The molecular weight excluding hydrogens is 324 g/mol. The Balaban J connectivity index is 2.35. The zero-order valence-corrected chi connectivity index (χ0v) is 15.7. The second kappa shape index (κ2) is 7.30. The largest absolute Gasteiger partial charge is 0.492 e. The van der Waals surface area contributed by atoms with Crippen molar-refractivity contribution in [2.45, 2.75) is 51.7 Å². The SMILES string of the molecule is CC(=O)NCC(=Cc1ccccc1CCl)B1OC(C)(C)C(C)(C)O1. The lowest BCUT2D eigenvalue weighted by Gasteiger charge is -2.32. The van der Waals surface area contributed by atoms with Crippen LogP contribution in [0.4, 0.5) is 0 Å². The minimum absolute atomic E-state index is 0.0944. The maximum atomic E-state index is 11.4. The van der Waals surface area contributed by atoms with Crippen molar-refractivity contribution in [2.24, 2.45) is 0 Å². The molecule has 1 N–H and O–H groups in total. The van der Waals surface area contributed by atoms with Crippen LogP contribution in [0.25, 0.3) is 6.08 Å². The number of rotatable bonds is 5. The molecule has 0 saturated carbocycles. The lowest BCUT2D eigenvalue weighted by molar-refractivity contribution is -0.118. The molecule has 0 aromatic heterocycles. The number of nitrogens with one attached hydrogen (secondary N) is 1. The Bertz CT molecular complexity index is 627. The van der Waals surface area contributed by atoms with Gasteiger partial charge in [-0.2, -0.15) is 0 Å². The molecule has 1 fully saturated rings. The van der Waals surface area contributed by atoms with Crippen molar-refractivity contribution < 1.29 is 14.1 Å². The molecule has 0 spiro atoms. The maximum absolute atomic E-state index is 11.4. The number of hydrogen-bond donors (Lipinski definition) is 1. The molecule has 130 valence electrons. The Morgan fingerprint density at radius 1 is 1.21 bits per heavy atom. The van der Waals surface area contributed by atoms with E-state index in [4.69, 9.17) is 20.9 Å². The molecule has 6 heteroatoms. The Morgan fingerprint density at radius 3 is 2.33 bits per heavy atom. The number of hydrogen-bond acceptors (Lipinski definition) is 3. The highest BCUT2D eigenvalue weighted by Crippen LogP contribution is 2.38. The van der Waals surface area contributed by atoms with Crippen molar-refractivity contribution >= 4 is 30.7 Å². The van der Waals surface area contributed by atoms with E-state index in [2.05, 4.69) is 5.32 Å². The van der Waals surface area contributed by atoms with Crippen molar-refractivity contribution in [3.8, 4) is 0 Å². The van der Waals surface area contributed by atoms with E-state index >= 15 is 0 Å². The van der Waals surface area contributed by atoms with Gasteiger partial charge in [0.05, 0.1) is 11.2 Å². The molecule has 4 nitrogen and oxygen atoms in total. The highest BCUT2D eigenvalue weighted by atomic mass is 35.5. The lowest BCUT2D eigenvalue weighted by Crippen LogP contribution is -2.41. The Morgan fingerprint density at radius 2 is 1.79 bits per heavy atom. The molecule has 1 amide bonds. The van der Waals surface area contributed by atoms with Gasteiger partial charge in [0, 0.05) is 19.3 Å². The molecule has 1 aromatic carbocycles. The van der Waals surface area contributed by atoms with Crippen molar-refractivity contribution in [1.82, 2.24) is 5.32 Å². The number of carbonyl (C=O) groups excluding carboxylic acids is 1. The first-order valence-electron chi connectivity index (χ1n) is 8.11. The predicted molar refractivity (Wildman–Crippen MR) is 98.7 cm³/mol. The van der Waals surface area contributed by atoms with Crippen LogP contribution in [-0.4, -0.2) is 30.8 Å². The van der Waals surface area contributed by atoms with Gasteiger partial charge >= 0.3 is 7.12 Å². The molecule has 1 aromatic rings. The summed E-state index contributed by atoms with van der Waals surface area (Å²) in [4.78, 5) is 11.4. The summed E-state index contributed by atoms with van der Waals surface area (Å²) in [6.07, 6.45) is 2.00. The molecule has 1 saturated heterocycles. The normalized spacial score (nSPS) is 19.4. The number of amides is 1. The van der Waals surface area contributed by atoms with Crippen LogP contribution in [0.2, 0.25) is 0 Å². The average Bonchev–Trinajstić information content (AvgIpc) is 2.71. The van der Waals surface area contributed by atoms with Crippen LogP contribution in [0.3, 0.4) is 0 Å². The van der Waals surface area contributed by atoms with Gasteiger partial charge in [0.15, 0.2) is 0 Å². The Kier molecular flexibility index (Phi) is 5.79. The fourth-order valence-corrected chi connectivity index (χ4v) is 2.66. The second-order valence-corrected chi connectivity index (χ2v) is 7.32. The maximum Gasteiger partial charge on any atom is 0.492 e. The van der Waals surface area contributed by atoms with Crippen molar-refractivity contribution in [2.75, 3.05) is 6.54 Å². The van der Waals surface area contributed by atoms with Crippen LogP contribution in [0.15, 0.2) is 29.7 Å². The number of carbonyl (C=O) groups is 1. The number of benzene rings is 1. The van der Waals surface area contributed by atoms with Crippen LogP contribution in [0.1, 0.15) is 45.7 Å². The van der Waals surface area contributed by atoms with E-state index < -0.39 is 18.3 Å². The Labute approximate surface area is 149 Å². The van der Waals surface area contributed by atoms with Gasteiger partial charge in [-0.05, 0) is 44.3 Å². The minimum Gasteiger partial charge on any atom is -0.400 e.